The van der Waals surface area contributed by atoms with Crippen LogP contribution in [0.25, 0.3) is 11.0 Å². The summed E-state index contributed by atoms with van der Waals surface area (Å²) in [4.78, 5) is 25.2. The van der Waals surface area contributed by atoms with E-state index in [0.29, 0.717) is 17.9 Å². The number of aromatic nitrogens is 2. The summed E-state index contributed by atoms with van der Waals surface area (Å²) in [7, 11) is 0. The highest BCUT2D eigenvalue weighted by molar-refractivity contribution is 9.10. The van der Waals surface area contributed by atoms with Crippen LogP contribution in [0, 0.1) is 13.8 Å². The Morgan fingerprint density at radius 1 is 1.15 bits per heavy atom. The van der Waals surface area contributed by atoms with E-state index in [0.717, 1.165) is 53.3 Å². The van der Waals surface area contributed by atoms with Crippen LogP contribution in [0.1, 0.15) is 28.3 Å². The fourth-order valence-corrected chi connectivity index (χ4v) is 4.01. The molecular formula is C19H21BrN4O2. The van der Waals surface area contributed by atoms with Crippen molar-refractivity contribution in [3.63, 3.8) is 0 Å². The van der Waals surface area contributed by atoms with Crippen molar-refractivity contribution in [1.29, 1.82) is 0 Å². The van der Waals surface area contributed by atoms with Crippen molar-refractivity contribution in [3.8, 4) is 0 Å². The molecule has 1 aliphatic heterocycles. The van der Waals surface area contributed by atoms with Crippen LogP contribution < -0.4 is 4.90 Å². The van der Waals surface area contributed by atoms with E-state index in [4.69, 9.17) is 4.42 Å². The summed E-state index contributed by atoms with van der Waals surface area (Å²) in [6, 6.07) is 8.02. The molecule has 0 aliphatic carbocycles. The lowest BCUT2D eigenvalue weighted by Gasteiger charge is -2.21. The molecule has 2 aromatic heterocycles. The standard InChI is InChI=1S/C19H21BrN4O2/c1-12-16(17(20)13(2)26-12)18(25)23-8-5-9-24(11-10-23)19-21-14-6-3-4-7-15(14)22-19/h3-4,6-7H,5,8-11H2,1-2H3,(H,21,22). The number of para-hydroxylation sites is 2. The predicted molar refractivity (Wildman–Crippen MR) is 105 cm³/mol. The zero-order valence-electron chi connectivity index (χ0n) is 14.9. The van der Waals surface area contributed by atoms with Crippen LogP contribution in [0.3, 0.4) is 0 Å². The molecule has 1 saturated heterocycles. The topological polar surface area (TPSA) is 65.4 Å². The van der Waals surface area contributed by atoms with Gasteiger partial charge in [0.1, 0.15) is 11.5 Å². The molecule has 1 N–H and O–H groups in total. The first kappa shape index (κ1) is 17.1. The number of carbonyl (C=O) groups excluding carboxylic acids is 1. The number of halogens is 1. The number of nitrogens with one attached hydrogen (secondary N) is 1. The number of hydrogen-bond donors (Lipinski definition) is 1. The first-order valence-corrected chi connectivity index (χ1v) is 9.58. The van der Waals surface area contributed by atoms with Crippen molar-refractivity contribution >= 4 is 38.8 Å². The Morgan fingerprint density at radius 2 is 1.96 bits per heavy atom. The van der Waals surface area contributed by atoms with Gasteiger partial charge in [-0.15, -0.1) is 0 Å². The van der Waals surface area contributed by atoms with Gasteiger partial charge in [-0.25, -0.2) is 4.98 Å². The number of aromatic amines is 1. The van der Waals surface area contributed by atoms with E-state index in [2.05, 4.69) is 30.8 Å². The zero-order valence-corrected chi connectivity index (χ0v) is 16.5. The number of benzene rings is 1. The maximum atomic E-state index is 13.0. The lowest BCUT2D eigenvalue weighted by atomic mass is 10.2. The van der Waals surface area contributed by atoms with Crippen LogP contribution in [0.4, 0.5) is 5.95 Å². The van der Waals surface area contributed by atoms with Crippen molar-refractivity contribution in [2.75, 3.05) is 31.1 Å². The minimum atomic E-state index is 0.0256. The number of carbonyl (C=O) groups is 1. The van der Waals surface area contributed by atoms with E-state index in [-0.39, 0.29) is 5.91 Å². The highest BCUT2D eigenvalue weighted by Gasteiger charge is 2.27. The average Bonchev–Trinajstić information content (AvgIpc) is 3.04. The van der Waals surface area contributed by atoms with Crippen LogP contribution in [0.5, 0.6) is 0 Å². The molecule has 4 rings (SSSR count). The molecule has 3 aromatic rings. The smallest absolute Gasteiger partial charge is 0.258 e. The van der Waals surface area contributed by atoms with Gasteiger partial charge in [-0.1, -0.05) is 12.1 Å². The van der Waals surface area contributed by atoms with E-state index in [1.165, 1.54) is 0 Å². The molecule has 1 fully saturated rings. The Morgan fingerprint density at radius 3 is 2.69 bits per heavy atom. The van der Waals surface area contributed by atoms with Gasteiger partial charge >= 0.3 is 0 Å². The molecule has 0 spiro atoms. The number of anilines is 1. The summed E-state index contributed by atoms with van der Waals surface area (Å²) < 4.78 is 6.36. The van der Waals surface area contributed by atoms with Crippen molar-refractivity contribution in [2.45, 2.75) is 20.3 Å². The Balaban J connectivity index is 1.52. The third kappa shape index (κ3) is 3.00. The average molecular weight is 417 g/mol. The third-order valence-corrected chi connectivity index (χ3v) is 5.82. The van der Waals surface area contributed by atoms with Crippen LogP contribution in [-0.4, -0.2) is 47.0 Å². The van der Waals surface area contributed by atoms with E-state index >= 15 is 0 Å². The second-order valence-electron chi connectivity index (χ2n) is 6.61. The van der Waals surface area contributed by atoms with Crippen LogP contribution in [0.15, 0.2) is 33.2 Å². The number of fused-ring (bicyclic) bond motifs is 1. The number of aryl methyl sites for hydroxylation is 2. The van der Waals surface area contributed by atoms with Crippen LogP contribution in [-0.2, 0) is 0 Å². The van der Waals surface area contributed by atoms with Gasteiger partial charge in [0, 0.05) is 26.2 Å². The largest absolute Gasteiger partial charge is 0.465 e. The minimum Gasteiger partial charge on any atom is -0.465 e. The molecule has 1 amide bonds. The maximum absolute atomic E-state index is 13.0. The number of nitrogens with zero attached hydrogens (tertiary/aromatic N) is 3. The first-order chi connectivity index (χ1) is 12.5. The van der Waals surface area contributed by atoms with E-state index in [1.54, 1.807) is 0 Å². The summed E-state index contributed by atoms with van der Waals surface area (Å²) in [5.74, 6) is 2.30. The van der Waals surface area contributed by atoms with Crippen LogP contribution in [0.2, 0.25) is 0 Å². The lowest BCUT2D eigenvalue weighted by Crippen LogP contribution is -2.35. The molecule has 0 saturated carbocycles. The number of rotatable bonds is 2. The van der Waals surface area contributed by atoms with Gasteiger partial charge < -0.3 is 19.2 Å². The second-order valence-corrected chi connectivity index (χ2v) is 7.41. The Bertz CT molecular complexity index is 929. The van der Waals surface area contributed by atoms with Gasteiger partial charge in [0.25, 0.3) is 5.91 Å². The summed E-state index contributed by atoms with van der Waals surface area (Å²) in [6.07, 6.45) is 0.899. The minimum absolute atomic E-state index is 0.0256. The van der Waals surface area contributed by atoms with Gasteiger partial charge in [-0.3, -0.25) is 4.79 Å². The van der Waals surface area contributed by atoms with Crippen molar-refractivity contribution in [2.24, 2.45) is 0 Å². The second kappa shape index (κ2) is 6.79. The number of imidazole rings is 1. The summed E-state index contributed by atoms with van der Waals surface area (Å²) in [6.45, 7) is 6.70. The van der Waals surface area contributed by atoms with Crippen molar-refractivity contribution in [3.05, 3.63) is 45.8 Å². The summed E-state index contributed by atoms with van der Waals surface area (Å²) in [5.41, 5.74) is 2.64. The molecule has 1 aromatic carbocycles. The quantitative estimate of drug-likeness (QED) is 0.687. The van der Waals surface area contributed by atoms with Crippen molar-refractivity contribution < 1.29 is 9.21 Å². The first-order valence-electron chi connectivity index (χ1n) is 8.79. The highest BCUT2D eigenvalue weighted by atomic mass is 79.9. The highest BCUT2D eigenvalue weighted by Crippen LogP contribution is 2.29. The zero-order chi connectivity index (χ0) is 18.3. The predicted octanol–water partition coefficient (Wildman–Crippen LogP) is 3.89. The summed E-state index contributed by atoms with van der Waals surface area (Å²) in [5, 5.41) is 0. The Hall–Kier alpha value is -2.28. The van der Waals surface area contributed by atoms with Gasteiger partial charge in [0.05, 0.1) is 21.1 Å². The lowest BCUT2D eigenvalue weighted by molar-refractivity contribution is 0.0764. The molecule has 3 heterocycles. The molecule has 0 unspecified atom stereocenters. The molecule has 7 heteroatoms. The fraction of sp³-hybridized carbons (Fsp3) is 0.368. The number of furan rings is 1. The van der Waals surface area contributed by atoms with Crippen molar-refractivity contribution in [1.82, 2.24) is 14.9 Å². The molecule has 0 radical (unpaired) electrons. The number of hydrogen-bond acceptors (Lipinski definition) is 4. The molecule has 0 bridgehead atoms. The van der Waals surface area contributed by atoms with Gasteiger partial charge in [0.15, 0.2) is 0 Å². The number of H-pyrrole nitrogens is 1. The maximum Gasteiger partial charge on any atom is 0.258 e. The SMILES string of the molecule is Cc1oc(C)c(C(=O)N2CCCN(c3nc4ccccc4[nH]3)CC2)c1Br. The molecule has 136 valence electrons. The van der Waals surface area contributed by atoms with Gasteiger partial charge in [-0.2, -0.15) is 0 Å². The third-order valence-electron chi connectivity index (χ3n) is 4.86. The van der Waals surface area contributed by atoms with E-state index in [9.17, 15) is 4.79 Å². The van der Waals surface area contributed by atoms with E-state index < -0.39 is 0 Å². The van der Waals surface area contributed by atoms with E-state index in [1.807, 2.05) is 43.0 Å². The monoisotopic (exact) mass is 416 g/mol. The Kier molecular flexibility index (Phi) is 4.48. The van der Waals surface area contributed by atoms with Gasteiger partial charge in [-0.05, 0) is 48.3 Å². The van der Waals surface area contributed by atoms with Gasteiger partial charge in [0.2, 0.25) is 5.95 Å². The molecule has 1 aliphatic rings. The summed E-state index contributed by atoms with van der Waals surface area (Å²) >= 11 is 3.49. The normalized spacial score (nSPS) is 15.5. The number of amides is 1. The Labute approximate surface area is 160 Å². The molecule has 0 atom stereocenters. The fourth-order valence-electron chi connectivity index (χ4n) is 3.48. The molecule has 6 nitrogen and oxygen atoms in total. The molecular weight excluding hydrogens is 396 g/mol. The van der Waals surface area contributed by atoms with Crippen LogP contribution >= 0.6 is 15.9 Å². The molecule has 26 heavy (non-hydrogen) atoms.